The van der Waals surface area contributed by atoms with E-state index in [-0.39, 0.29) is 23.9 Å². The number of hydrogen-bond donors (Lipinski definition) is 2. The molecular formula is C18H27ClN2O. The van der Waals surface area contributed by atoms with E-state index in [9.17, 15) is 4.79 Å². The highest BCUT2D eigenvalue weighted by atomic mass is 35.5. The Balaban J connectivity index is 0.00000176. The van der Waals surface area contributed by atoms with Crippen molar-refractivity contribution in [3.63, 3.8) is 0 Å². The van der Waals surface area contributed by atoms with Gasteiger partial charge in [-0.25, -0.2) is 0 Å². The molecule has 0 bridgehead atoms. The van der Waals surface area contributed by atoms with E-state index in [1.807, 2.05) is 6.07 Å². The van der Waals surface area contributed by atoms with Crippen LogP contribution in [0.1, 0.15) is 50.5 Å². The minimum atomic E-state index is -0.105. The summed E-state index contributed by atoms with van der Waals surface area (Å²) in [5.41, 5.74) is 1.17. The Morgan fingerprint density at radius 2 is 1.95 bits per heavy atom. The predicted molar refractivity (Wildman–Crippen MR) is 92.2 cm³/mol. The monoisotopic (exact) mass is 322 g/mol. The molecule has 1 saturated carbocycles. The molecule has 1 aromatic carbocycles. The number of halogens is 1. The molecule has 2 aliphatic rings. The molecule has 2 fully saturated rings. The number of nitrogens with one attached hydrogen (secondary N) is 2. The van der Waals surface area contributed by atoms with E-state index >= 15 is 0 Å². The average Bonchev–Trinajstić information content (AvgIpc) is 3.18. The van der Waals surface area contributed by atoms with E-state index < -0.39 is 0 Å². The number of amides is 1. The van der Waals surface area contributed by atoms with Crippen LogP contribution in [0, 0.1) is 5.92 Å². The summed E-state index contributed by atoms with van der Waals surface area (Å²) in [7, 11) is 0. The van der Waals surface area contributed by atoms with E-state index in [4.69, 9.17) is 0 Å². The van der Waals surface area contributed by atoms with Crippen molar-refractivity contribution in [2.75, 3.05) is 13.1 Å². The Hall–Kier alpha value is -1.06. The molecule has 1 aliphatic heterocycles. The van der Waals surface area contributed by atoms with Crippen molar-refractivity contribution in [3.05, 3.63) is 35.9 Å². The van der Waals surface area contributed by atoms with Gasteiger partial charge in [-0.3, -0.25) is 4.79 Å². The topological polar surface area (TPSA) is 41.1 Å². The van der Waals surface area contributed by atoms with Crippen LogP contribution in [-0.4, -0.2) is 19.0 Å². The lowest BCUT2D eigenvalue weighted by molar-refractivity contribution is -0.123. The van der Waals surface area contributed by atoms with Crippen molar-refractivity contribution in [2.24, 2.45) is 5.92 Å². The molecule has 1 amide bonds. The third kappa shape index (κ3) is 4.02. The standard InChI is InChI=1S/C18H26N2O.ClH/c21-17(9-8-15-10-13-19-14-15)20-18(11-4-5-12-18)16-6-2-1-3-7-16;/h1-3,6-7,15,19H,4-5,8-14H2,(H,20,21);1H. The SMILES string of the molecule is Cl.O=C(CCC1CCNC1)NC1(c2ccccc2)CCCC1. The van der Waals surface area contributed by atoms with Gasteiger partial charge in [-0.05, 0) is 50.3 Å². The Morgan fingerprint density at radius 1 is 1.23 bits per heavy atom. The van der Waals surface area contributed by atoms with E-state index in [2.05, 4.69) is 34.9 Å². The molecule has 4 heteroatoms. The molecule has 1 aliphatic carbocycles. The van der Waals surface area contributed by atoms with Gasteiger partial charge >= 0.3 is 0 Å². The molecule has 1 aromatic rings. The van der Waals surface area contributed by atoms with Crippen LogP contribution in [-0.2, 0) is 10.3 Å². The van der Waals surface area contributed by atoms with E-state index in [0.717, 1.165) is 32.4 Å². The smallest absolute Gasteiger partial charge is 0.220 e. The van der Waals surface area contributed by atoms with Gasteiger partial charge in [0, 0.05) is 6.42 Å². The zero-order valence-electron chi connectivity index (χ0n) is 13.1. The van der Waals surface area contributed by atoms with Crippen molar-refractivity contribution in [2.45, 2.75) is 50.5 Å². The minimum absolute atomic E-state index is 0. The van der Waals surface area contributed by atoms with Gasteiger partial charge in [0.25, 0.3) is 0 Å². The lowest BCUT2D eigenvalue weighted by atomic mass is 9.87. The molecule has 22 heavy (non-hydrogen) atoms. The van der Waals surface area contributed by atoms with Gasteiger partial charge in [-0.2, -0.15) is 0 Å². The molecule has 2 N–H and O–H groups in total. The fraction of sp³-hybridized carbons (Fsp3) is 0.611. The van der Waals surface area contributed by atoms with Gasteiger partial charge in [-0.15, -0.1) is 12.4 Å². The van der Waals surface area contributed by atoms with Crippen molar-refractivity contribution >= 4 is 18.3 Å². The molecule has 0 spiro atoms. The van der Waals surface area contributed by atoms with Crippen LogP contribution >= 0.6 is 12.4 Å². The summed E-state index contributed by atoms with van der Waals surface area (Å²) >= 11 is 0. The first-order valence-corrected chi connectivity index (χ1v) is 8.36. The largest absolute Gasteiger partial charge is 0.347 e. The molecule has 1 saturated heterocycles. The normalized spacial score (nSPS) is 23.0. The summed E-state index contributed by atoms with van der Waals surface area (Å²) in [5.74, 6) is 0.916. The number of carbonyl (C=O) groups excluding carboxylic acids is 1. The maximum Gasteiger partial charge on any atom is 0.220 e. The van der Waals surface area contributed by atoms with E-state index in [1.165, 1.54) is 24.8 Å². The zero-order valence-corrected chi connectivity index (χ0v) is 14.0. The molecule has 1 heterocycles. The zero-order chi connectivity index (χ0) is 14.5. The Kier molecular flexibility index (Phi) is 6.27. The summed E-state index contributed by atoms with van der Waals surface area (Å²) in [6.45, 7) is 2.19. The summed E-state index contributed by atoms with van der Waals surface area (Å²) in [4.78, 5) is 12.4. The van der Waals surface area contributed by atoms with Gasteiger partial charge in [0.2, 0.25) is 5.91 Å². The molecule has 3 rings (SSSR count). The van der Waals surface area contributed by atoms with Crippen molar-refractivity contribution < 1.29 is 4.79 Å². The van der Waals surface area contributed by atoms with Gasteiger partial charge in [0.1, 0.15) is 0 Å². The summed E-state index contributed by atoms with van der Waals surface area (Å²) < 4.78 is 0. The van der Waals surface area contributed by atoms with Gasteiger partial charge < -0.3 is 10.6 Å². The molecule has 1 unspecified atom stereocenters. The third-order valence-electron chi connectivity index (χ3n) is 5.10. The van der Waals surface area contributed by atoms with E-state index in [0.29, 0.717) is 12.3 Å². The highest BCUT2D eigenvalue weighted by Crippen LogP contribution is 2.38. The first-order valence-electron chi connectivity index (χ1n) is 8.36. The highest BCUT2D eigenvalue weighted by molar-refractivity contribution is 5.85. The highest BCUT2D eigenvalue weighted by Gasteiger charge is 2.36. The fourth-order valence-corrected chi connectivity index (χ4v) is 3.85. The maximum atomic E-state index is 12.4. The molecule has 122 valence electrons. The quantitative estimate of drug-likeness (QED) is 0.872. The van der Waals surface area contributed by atoms with Crippen LogP contribution in [0.25, 0.3) is 0 Å². The van der Waals surface area contributed by atoms with Gasteiger partial charge in [0.05, 0.1) is 5.54 Å². The summed E-state index contributed by atoms with van der Waals surface area (Å²) in [6.07, 6.45) is 7.48. The Labute approximate surface area is 139 Å². The second-order valence-corrected chi connectivity index (χ2v) is 6.60. The van der Waals surface area contributed by atoms with Crippen molar-refractivity contribution in [1.82, 2.24) is 10.6 Å². The first kappa shape index (κ1) is 17.3. The lowest BCUT2D eigenvalue weighted by Crippen LogP contribution is -2.43. The lowest BCUT2D eigenvalue weighted by Gasteiger charge is -2.31. The molecule has 0 radical (unpaired) electrons. The third-order valence-corrected chi connectivity index (χ3v) is 5.10. The van der Waals surface area contributed by atoms with Crippen molar-refractivity contribution in [3.8, 4) is 0 Å². The number of hydrogen-bond acceptors (Lipinski definition) is 2. The number of benzene rings is 1. The minimum Gasteiger partial charge on any atom is -0.347 e. The van der Waals surface area contributed by atoms with Crippen LogP contribution < -0.4 is 10.6 Å². The molecular weight excluding hydrogens is 296 g/mol. The fourth-order valence-electron chi connectivity index (χ4n) is 3.85. The first-order chi connectivity index (χ1) is 10.3. The van der Waals surface area contributed by atoms with Crippen LogP contribution in [0.4, 0.5) is 0 Å². The average molecular weight is 323 g/mol. The molecule has 1 atom stereocenters. The molecule has 3 nitrogen and oxygen atoms in total. The Bertz CT molecular complexity index is 465. The van der Waals surface area contributed by atoms with Crippen LogP contribution in [0.15, 0.2) is 30.3 Å². The van der Waals surface area contributed by atoms with Crippen molar-refractivity contribution in [1.29, 1.82) is 0 Å². The summed E-state index contributed by atoms with van der Waals surface area (Å²) in [6, 6.07) is 10.5. The number of rotatable bonds is 5. The van der Waals surface area contributed by atoms with Crippen LogP contribution in [0.2, 0.25) is 0 Å². The Morgan fingerprint density at radius 3 is 2.59 bits per heavy atom. The van der Waals surface area contributed by atoms with Gasteiger partial charge in [-0.1, -0.05) is 43.2 Å². The van der Waals surface area contributed by atoms with Gasteiger partial charge in [0.15, 0.2) is 0 Å². The second-order valence-electron chi connectivity index (χ2n) is 6.60. The predicted octanol–water partition coefficient (Wildman–Crippen LogP) is 3.38. The van der Waals surface area contributed by atoms with Crippen LogP contribution in [0.3, 0.4) is 0 Å². The van der Waals surface area contributed by atoms with E-state index in [1.54, 1.807) is 0 Å². The second kappa shape index (κ2) is 7.98. The number of carbonyl (C=O) groups is 1. The maximum absolute atomic E-state index is 12.4. The summed E-state index contributed by atoms with van der Waals surface area (Å²) in [5, 5.41) is 6.74. The molecule has 0 aromatic heterocycles. The van der Waals surface area contributed by atoms with Crippen LogP contribution in [0.5, 0.6) is 0 Å².